The maximum absolute atomic E-state index is 11.4. The van der Waals surface area contributed by atoms with Gasteiger partial charge in [0.15, 0.2) is 0 Å². The predicted molar refractivity (Wildman–Crippen MR) is 60.3 cm³/mol. The third kappa shape index (κ3) is 6.89. The van der Waals surface area contributed by atoms with Crippen LogP contribution in [0.25, 0.3) is 0 Å². The summed E-state index contributed by atoms with van der Waals surface area (Å²) < 4.78 is 0. The molecule has 0 aliphatic carbocycles. The second-order valence-corrected chi connectivity index (χ2v) is 4.00. The van der Waals surface area contributed by atoms with E-state index in [1.807, 2.05) is 13.8 Å². The molecule has 0 saturated carbocycles. The van der Waals surface area contributed by atoms with Crippen molar-refractivity contribution in [1.29, 1.82) is 0 Å². The molecule has 14 heavy (non-hydrogen) atoms. The Labute approximate surface area is 87.6 Å². The van der Waals surface area contributed by atoms with Gasteiger partial charge in [0, 0.05) is 12.1 Å². The largest absolute Gasteiger partial charge is 0.352 e. The predicted octanol–water partition coefficient (Wildman–Crippen LogP) is 1.68. The van der Waals surface area contributed by atoms with Crippen LogP contribution in [0.2, 0.25) is 0 Å². The Balaban J connectivity index is 3.67. The zero-order valence-corrected chi connectivity index (χ0v) is 9.89. The van der Waals surface area contributed by atoms with Crippen LogP contribution in [0.15, 0.2) is 0 Å². The molecule has 0 saturated heterocycles. The van der Waals surface area contributed by atoms with Gasteiger partial charge >= 0.3 is 0 Å². The van der Waals surface area contributed by atoms with Crippen LogP contribution in [-0.4, -0.2) is 24.5 Å². The number of carbonyl (C=O) groups excluding carboxylic acids is 1. The number of rotatable bonds is 7. The highest BCUT2D eigenvalue weighted by Gasteiger charge is 2.08. The maximum atomic E-state index is 11.4. The van der Waals surface area contributed by atoms with Crippen molar-refractivity contribution in [2.75, 3.05) is 6.54 Å². The van der Waals surface area contributed by atoms with Crippen molar-refractivity contribution < 1.29 is 4.79 Å². The normalized spacial score (nSPS) is 12.9. The van der Waals surface area contributed by atoms with Crippen molar-refractivity contribution in [2.24, 2.45) is 0 Å². The first-order chi connectivity index (χ1) is 6.60. The van der Waals surface area contributed by atoms with E-state index in [9.17, 15) is 4.79 Å². The van der Waals surface area contributed by atoms with E-state index in [-0.39, 0.29) is 5.91 Å². The summed E-state index contributed by atoms with van der Waals surface area (Å²) in [7, 11) is 0. The second kappa shape index (κ2) is 7.80. The summed E-state index contributed by atoms with van der Waals surface area (Å²) in [5, 5.41) is 6.13. The highest BCUT2D eigenvalue weighted by molar-refractivity contribution is 5.78. The number of hydrogen-bond donors (Lipinski definition) is 2. The van der Waals surface area contributed by atoms with Crippen LogP contribution in [0.3, 0.4) is 0 Å². The van der Waals surface area contributed by atoms with Gasteiger partial charge in [-0.05, 0) is 12.8 Å². The van der Waals surface area contributed by atoms with Crippen LogP contribution in [0.4, 0.5) is 0 Å². The van der Waals surface area contributed by atoms with E-state index in [0.717, 1.165) is 19.3 Å². The van der Waals surface area contributed by atoms with Gasteiger partial charge in [-0.15, -0.1) is 0 Å². The molecule has 0 aromatic rings. The Kier molecular flexibility index (Phi) is 7.48. The fraction of sp³-hybridized carbons (Fsp3) is 0.909. The van der Waals surface area contributed by atoms with Crippen LogP contribution in [0, 0.1) is 0 Å². The lowest BCUT2D eigenvalue weighted by atomic mass is 10.1. The molecule has 84 valence electrons. The molecule has 0 spiro atoms. The lowest BCUT2D eigenvalue weighted by Crippen LogP contribution is -2.41. The molecule has 0 aliphatic rings. The van der Waals surface area contributed by atoms with Crippen LogP contribution in [0.5, 0.6) is 0 Å². The van der Waals surface area contributed by atoms with E-state index in [4.69, 9.17) is 0 Å². The minimum Gasteiger partial charge on any atom is -0.352 e. The average Bonchev–Trinajstić information content (AvgIpc) is 2.14. The van der Waals surface area contributed by atoms with Gasteiger partial charge in [0.25, 0.3) is 0 Å². The molecule has 0 aromatic carbocycles. The fourth-order valence-corrected chi connectivity index (χ4v) is 1.30. The van der Waals surface area contributed by atoms with E-state index in [1.165, 1.54) is 0 Å². The summed E-state index contributed by atoms with van der Waals surface area (Å²) in [6.07, 6.45) is 3.21. The third-order valence-electron chi connectivity index (χ3n) is 2.17. The first kappa shape index (κ1) is 13.4. The Morgan fingerprint density at radius 1 is 1.29 bits per heavy atom. The van der Waals surface area contributed by atoms with Gasteiger partial charge in [-0.2, -0.15) is 0 Å². The van der Waals surface area contributed by atoms with E-state index in [2.05, 4.69) is 24.5 Å². The lowest BCUT2D eigenvalue weighted by molar-refractivity contribution is -0.121. The van der Waals surface area contributed by atoms with Crippen molar-refractivity contribution in [1.82, 2.24) is 10.6 Å². The van der Waals surface area contributed by atoms with E-state index in [0.29, 0.717) is 18.6 Å². The molecule has 1 atom stereocenters. The Morgan fingerprint density at radius 2 is 1.93 bits per heavy atom. The summed E-state index contributed by atoms with van der Waals surface area (Å²) in [6.45, 7) is 8.75. The molecule has 0 aliphatic heterocycles. The highest BCUT2D eigenvalue weighted by atomic mass is 16.1. The molecule has 0 radical (unpaired) electrons. The molecule has 0 rings (SSSR count). The first-order valence-electron chi connectivity index (χ1n) is 5.62. The van der Waals surface area contributed by atoms with Gasteiger partial charge in [0.05, 0.1) is 6.54 Å². The van der Waals surface area contributed by atoms with Crippen molar-refractivity contribution in [3.63, 3.8) is 0 Å². The number of nitrogens with one attached hydrogen (secondary N) is 2. The van der Waals surface area contributed by atoms with E-state index >= 15 is 0 Å². The highest BCUT2D eigenvalue weighted by Crippen LogP contribution is 2.00. The topological polar surface area (TPSA) is 41.1 Å². The molecule has 0 bridgehead atoms. The number of carbonyl (C=O) groups is 1. The first-order valence-corrected chi connectivity index (χ1v) is 5.62. The molecule has 0 fully saturated rings. The third-order valence-corrected chi connectivity index (χ3v) is 2.17. The van der Waals surface area contributed by atoms with Gasteiger partial charge < -0.3 is 10.6 Å². The smallest absolute Gasteiger partial charge is 0.234 e. The monoisotopic (exact) mass is 200 g/mol. The zero-order valence-electron chi connectivity index (χ0n) is 9.89. The molecule has 1 amide bonds. The van der Waals surface area contributed by atoms with Crippen LogP contribution in [0.1, 0.15) is 47.0 Å². The Morgan fingerprint density at radius 3 is 2.36 bits per heavy atom. The van der Waals surface area contributed by atoms with Crippen molar-refractivity contribution in [3.05, 3.63) is 0 Å². The van der Waals surface area contributed by atoms with E-state index < -0.39 is 0 Å². The molecule has 3 heteroatoms. The van der Waals surface area contributed by atoms with Gasteiger partial charge in [-0.1, -0.05) is 34.1 Å². The summed E-state index contributed by atoms with van der Waals surface area (Å²) in [6, 6.07) is 0.716. The standard InChI is InChI=1S/C11H24N2O/c1-5-7-10(6-2)13-11(14)8-12-9(3)4/h9-10,12H,5-8H2,1-4H3,(H,13,14). The zero-order chi connectivity index (χ0) is 11.0. The second-order valence-electron chi connectivity index (χ2n) is 4.00. The maximum Gasteiger partial charge on any atom is 0.234 e. The minimum absolute atomic E-state index is 0.110. The fourth-order valence-electron chi connectivity index (χ4n) is 1.30. The quantitative estimate of drug-likeness (QED) is 0.656. The van der Waals surface area contributed by atoms with Crippen LogP contribution >= 0.6 is 0 Å². The summed E-state index contributed by atoms with van der Waals surface area (Å²) in [5.74, 6) is 0.110. The molecular weight excluding hydrogens is 176 g/mol. The molecule has 1 unspecified atom stereocenters. The SMILES string of the molecule is CCCC(CC)NC(=O)CNC(C)C. The van der Waals surface area contributed by atoms with Crippen molar-refractivity contribution in [2.45, 2.75) is 59.0 Å². The number of amides is 1. The van der Waals surface area contributed by atoms with Crippen LogP contribution in [-0.2, 0) is 4.79 Å². The summed E-state index contributed by atoms with van der Waals surface area (Å²) in [4.78, 5) is 11.4. The molecular formula is C11H24N2O. The molecule has 0 heterocycles. The van der Waals surface area contributed by atoms with E-state index in [1.54, 1.807) is 0 Å². The van der Waals surface area contributed by atoms with Crippen molar-refractivity contribution >= 4 is 5.91 Å². The summed E-state index contributed by atoms with van der Waals surface area (Å²) in [5.41, 5.74) is 0. The van der Waals surface area contributed by atoms with Gasteiger partial charge in [0.2, 0.25) is 5.91 Å². The lowest BCUT2D eigenvalue weighted by Gasteiger charge is -2.16. The Hall–Kier alpha value is -0.570. The average molecular weight is 200 g/mol. The van der Waals surface area contributed by atoms with Crippen molar-refractivity contribution in [3.8, 4) is 0 Å². The van der Waals surface area contributed by atoms with Gasteiger partial charge in [-0.25, -0.2) is 0 Å². The minimum atomic E-state index is 0.110. The molecule has 0 aromatic heterocycles. The molecule has 2 N–H and O–H groups in total. The Bertz CT molecular complexity index is 157. The molecule has 3 nitrogen and oxygen atoms in total. The number of hydrogen-bond acceptors (Lipinski definition) is 2. The van der Waals surface area contributed by atoms with Gasteiger partial charge in [0.1, 0.15) is 0 Å². The van der Waals surface area contributed by atoms with Crippen LogP contribution < -0.4 is 10.6 Å². The van der Waals surface area contributed by atoms with Gasteiger partial charge in [-0.3, -0.25) is 4.79 Å². The summed E-state index contributed by atoms with van der Waals surface area (Å²) >= 11 is 0.